The van der Waals surface area contributed by atoms with Crippen LogP contribution in [0.3, 0.4) is 0 Å². The van der Waals surface area contributed by atoms with Crippen LogP contribution < -0.4 is 0 Å². The highest BCUT2D eigenvalue weighted by atomic mass is 19.1. The summed E-state index contributed by atoms with van der Waals surface area (Å²) in [4.78, 5) is 11.4. The zero-order chi connectivity index (χ0) is 13.1. The Morgan fingerprint density at radius 3 is 2.00 bits per heavy atom. The van der Waals surface area contributed by atoms with Gasteiger partial charge in [-0.15, -0.1) is 0 Å². The van der Waals surface area contributed by atoms with E-state index in [1.807, 2.05) is 0 Å². The first-order chi connectivity index (χ1) is 7.71. The molecule has 1 saturated carbocycles. The quantitative estimate of drug-likeness (QED) is 0.709. The van der Waals surface area contributed by atoms with Crippen molar-refractivity contribution in [2.45, 2.75) is 30.5 Å². The summed E-state index contributed by atoms with van der Waals surface area (Å²) in [7, 11) is 0. The molecule has 17 heavy (non-hydrogen) atoms. The van der Waals surface area contributed by atoms with Crippen LogP contribution in [0.4, 0.5) is 4.39 Å². The lowest BCUT2D eigenvalue weighted by Gasteiger charge is -2.15. The molecule has 4 nitrogen and oxygen atoms in total. The highest BCUT2D eigenvalue weighted by Crippen LogP contribution is 2.66. The van der Waals surface area contributed by atoms with Crippen molar-refractivity contribution < 1.29 is 24.5 Å². The first kappa shape index (κ1) is 12.0. The standard InChI is InChI=1S/C12H13FO4/c1-10(16)11(2,17)12(10,9(14)15)7-5-3-4-6-8(7)13/h3-6,16-17H,1-2H3,(H,14,15). The Bertz CT molecular complexity index is 479. The predicted octanol–water partition coefficient (Wildman–Crippen LogP) is 0.664. The molecule has 0 saturated heterocycles. The van der Waals surface area contributed by atoms with E-state index < -0.39 is 28.4 Å². The molecule has 1 aliphatic rings. The van der Waals surface area contributed by atoms with Crippen molar-refractivity contribution >= 4 is 5.97 Å². The molecule has 1 aromatic carbocycles. The van der Waals surface area contributed by atoms with Crippen LogP contribution >= 0.6 is 0 Å². The second kappa shape index (κ2) is 3.05. The minimum atomic E-state index is -2.02. The lowest BCUT2D eigenvalue weighted by molar-refractivity contribution is -0.143. The average Bonchev–Trinajstić information content (AvgIpc) is 2.56. The maximum Gasteiger partial charge on any atom is 0.320 e. The Labute approximate surface area is 97.3 Å². The van der Waals surface area contributed by atoms with E-state index in [9.17, 15) is 24.5 Å². The molecular formula is C12H13FO4. The van der Waals surface area contributed by atoms with Gasteiger partial charge in [-0.25, -0.2) is 4.39 Å². The SMILES string of the molecule is CC1(O)C(C)(O)C1(C(=O)O)c1ccccc1F. The van der Waals surface area contributed by atoms with Crippen LogP contribution in [0.25, 0.3) is 0 Å². The van der Waals surface area contributed by atoms with E-state index in [1.165, 1.54) is 32.0 Å². The highest BCUT2D eigenvalue weighted by Gasteiger charge is 2.88. The highest BCUT2D eigenvalue weighted by molar-refractivity contribution is 5.92. The van der Waals surface area contributed by atoms with Crippen LogP contribution in [0.1, 0.15) is 19.4 Å². The third kappa shape index (κ3) is 1.06. The molecule has 0 radical (unpaired) electrons. The number of benzene rings is 1. The summed E-state index contributed by atoms with van der Waals surface area (Å²) in [6.45, 7) is 2.38. The summed E-state index contributed by atoms with van der Waals surface area (Å²) in [5.74, 6) is -2.20. The van der Waals surface area contributed by atoms with Gasteiger partial charge in [0.25, 0.3) is 0 Å². The minimum Gasteiger partial charge on any atom is -0.480 e. The molecule has 0 aliphatic heterocycles. The van der Waals surface area contributed by atoms with Gasteiger partial charge in [0.2, 0.25) is 0 Å². The monoisotopic (exact) mass is 240 g/mol. The molecule has 92 valence electrons. The summed E-state index contributed by atoms with van der Waals surface area (Å²) >= 11 is 0. The van der Waals surface area contributed by atoms with Gasteiger partial charge in [0.05, 0.1) is 0 Å². The largest absolute Gasteiger partial charge is 0.480 e. The molecule has 3 N–H and O–H groups in total. The summed E-state index contributed by atoms with van der Waals surface area (Å²) in [5.41, 5.74) is -6.05. The fraction of sp³-hybridized carbons (Fsp3) is 0.417. The van der Waals surface area contributed by atoms with Crippen LogP contribution in [0.5, 0.6) is 0 Å². The van der Waals surface area contributed by atoms with E-state index in [2.05, 4.69) is 0 Å². The third-order valence-electron chi connectivity index (χ3n) is 3.94. The van der Waals surface area contributed by atoms with Gasteiger partial charge in [-0.3, -0.25) is 4.79 Å². The van der Waals surface area contributed by atoms with E-state index in [4.69, 9.17) is 0 Å². The Hall–Kier alpha value is -1.46. The maximum absolute atomic E-state index is 13.7. The first-order valence-corrected chi connectivity index (χ1v) is 5.14. The molecule has 0 bridgehead atoms. The van der Waals surface area contributed by atoms with Gasteiger partial charge < -0.3 is 15.3 Å². The number of aliphatic carboxylic acids is 1. The zero-order valence-electron chi connectivity index (χ0n) is 9.44. The zero-order valence-corrected chi connectivity index (χ0v) is 9.44. The summed E-state index contributed by atoms with van der Waals surface area (Å²) in [6, 6.07) is 5.25. The predicted molar refractivity (Wildman–Crippen MR) is 57.0 cm³/mol. The average molecular weight is 240 g/mol. The topological polar surface area (TPSA) is 77.8 Å². The van der Waals surface area contributed by atoms with Gasteiger partial charge >= 0.3 is 5.97 Å². The van der Waals surface area contributed by atoms with Gasteiger partial charge in [0, 0.05) is 5.56 Å². The van der Waals surface area contributed by atoms with Gasteiger partial charge in [-0.1, -0.05) is 18.2 Å². The van der Waals surface area contributed by atoms with Crippen molar-refractivity contribution in [2.24, 2.45) is 0 Å². The number of carboxylic acid groups (broad SMARTS) is 1. The van der Waals surface area contributed by atoms with E-state index >= 15 is 0 Å². The third-order valence-corrected chi connectivity index (χ3v) is 3.94. The molecule has 5 heteroatoms. The molecule has 2 unspecified atom stereocenters. The fourth-order valence-electron chi connectivity index (χ4n) is 2.69. The molecule has 0 heterocycles. The number of hydrogen-bond acceptors (Lipinski definition) is 3. The second-order valence-electron chi connectivity index (χ2n) is 4.68. The Balaban J connectivity index is 2.71. The van der Waals surface area contributed by atoms with Crippen LogP contribution in [0.15, 0.2) is 24.3 Å². The molecule has 1 aliphatic carbocycles. The number of halogens is 1. The number of hydrogen-bond donors (Lipinski definition) is 3. The fourth-order valence-corrected chi connectivity index (χ4v) is 2.69. The van der Waals surface area contributed by atoms with E-state index in [-0.39, 0.29) is 5.56 Å². The maximum atomic E-state index is 13.7. The van der Waals surface area contributed by atoms with Crippen molar-refractivity contribution in [3.63, 3.8) is 0 Å². The number of rotatable bonds is 2. The molecule has 1 aromatic rings. The van der Waals surface area contributed by atoms with Gasteiger partial charge in [-0.05, 0) is 19.9 Å². The number of carboxylic acids is 1. The minimum absolute atomic E-state index is 0.206. The summed E-state index contributed by atoms with van der Waals surface area (Å²) in [5, 5.41) is 29.3. The molecule has 0 aromatic heterocycles. The first-order valence-electron chi connectivity index (χ1n) is 5.14. The van der Waals surface area contributed by atoms with Crippen molar-refractivity contribution in [1.29, 1.82) is 0 Å². The Morgan fingerprint density at radius 1 is 1.18 bits per heavy atom. The Kier molecular flexibility index (Phi) is 2.16. The summed E-state index contributed by atoms with van der Waals surface area (Å²) < 4.78 is 13.7. The molecule has 0 spiro atoms. The lowest BCUT2D eigenvalue weighted by Crippen LogP contribution is -2.32. The van der Waals surface area contributed by atoms with Crippen LogP contribution in [0, 0.1) is 5.82 Å². The Morgan fingerprint density at radius 2 is 1.65 bits per heavy atom. The molecule has 2 atom stereocenters. The lowest BCUT2D eigenvalue weighted by atomic mass is 9.90. The molecule has 1 fully saturated rings. The second-order valence-corrected chi connectivity index (χ2v) is 4.68. The van der Waals surface area contributed by atoms with Gasteiger partial charge in [0.15, 0.2) is 5.41 Å². The van der Waals surface area contributed by atoms with E-state index in [0.29, 0.717) is 0 Å². The number of aliphatic hydroxyl groups is 2. The van der Waals surface area contributed by atoms with E-state index in [1.54, 1.807) is 0 Å². The molecule has 2 rings (SSSR count). The van der Waals surface area contributed by atoms with Crippen molar-refractivity contribution in [2.75, 3.05) is 0 Å². The smallest absolute Gasteiger partial charge is 0.320 e. The number of carbonyl (C=O) groups is 1. The van der Waals surface area contributed by atoms with E-state index in [0.717, 1.165) is 6.07 Å². The van der Waals surface area contributed by atoms with Crippen molar-refractivity contribution in [1.82, 2.24) is 0 Å². The van der Waals surface area contributed by atoms with Crippen molar-refractivity contribution in [3.8, 4) is 0 Å². The van der Waals surface area contributed by atoms with Gasteiger partial charge in [-0.2, -0.15) is 0 Å². The summed E-state index contributed by atoms with van der Waals surface area (Å²) in [6.07, 6.45) is 0. The molecule has 0 amide bonds. The van der Waals surface area contributed by atoms with Crippen LogP contribution in [-0.4, -0.2) is 32.5 Å². The van der Waals surface area contributed by atoms with Crippen LogP contribution in [0.2, 0.25) is 0 Å². The van der Waals surface area contributed by atoms with Gasteiger partial charge in [0.1, 0.15) is 17.0 Å². The van der Waals surface area contributed by atoms with Crippen LogP contribution in [-0.2, 0) is 10.2 Å². The normalized spacial score (nSPS) is 40.1. The molecular weight excluding hydrogens is 227 g/mol. The van der Waals surface area contributed by atoms with Crippen molar-refractivity contribution in [3.05, 3.63) is 35.6 Å².